The van der Waals surface area contributed by atoms with Gasteiger partial charge in [-0.05, 0) is 29.5 Å². The Balaban J connectivity index is 1.88. The number of hydrogen-bond donors (Lipinski definition) is 2. The maximum absolute atomic E-state index is 12.9. The zero-order chi connectivity index (χ0) is 18.0. The van der Waals surface area contributed by atoms with E-state index in [0.29, 0.717) is 4.20 Å². The van der Waals surface area contributed by atoms with Gasteiger partial charge < -0.3 is 5.11 Å². The fraction of sp³-hybridized carbons (Fsp3) is 0. The molecule has 0 radical (unpaired) electrons. The van der Waals surface area contributed by atoms with Crippen molar-refractivity contribution in [2.24, 2.45) is 0 Å². The molecule has 2 aromatic heterocycles. The lowest BCUT2D eigenvalue weighted by Crippen LogP contribution is -2.16. The van der Waals surface area contributed by atoms with Crippen LogP contribution in [0.25, 0.3) is 5.76 Å². The predicted molar refractivity (Wildman–Crippen MR) is 78.1 cm³/mol. The van der Waals surface area contributed by atoms with Gasteiger partial charge in [0.15, 0.2) is 11.5 Å². The highest BCUT2D eigenvalue weighted by Crippen LogP contribution is 2.13. The number of aliphatic hydroxyl groups excluding tert-OH is 1. The minimum atomic E-state index is -4.19. The molecule has 1 aromatic carbocycles. The third kappa shape index (κ3) is 3.25. The number of nitrogens with zero attached hydrogens (tertiary/aromatic N) is 6. The summed E-state index contributed by atoms with van der Waals surface area (Å²) in [5.41, 5.74) is -0.347. The van der Waals surface area contributed by atoms with Crippen molar-refractivity contribution >= 4 is 21.6 Å². The maximum atomic E-state index is 12.9. The normalized spacial score (nSPS) is 12.3. The van der Waals surface area contributed by atoms with Gasteiger partial charge in [0.2, 0.25) is 11.6 Å². The number of benzene rings is 1. The van der Waals surface area contributed by atoms with E-state index in [2.05, 4.69) is 30.8 Å². The van der Waals surface area contributed by atoms with E-state index >= 15 is 0 Å². The molecule has 0 spiro atoms. The van der Waals surface area contributed by atoms with Crippen LogP contribution in [0.15, 0.2) is 41.4 Å². The molecule has 25 heavy (non-hydrogen) atoms. The van der Waals surface area contributed by atoms with Crippen LogP contribution in [-0.4, -0.2) is 54.3 Å². The van der Waals surface area contributed by atoms with Crippen molar-refractivity contribution < 1.29 is 22.7 Å². The molecule has 2 heterocycles. The molecule has 0 unspecified atom stereocenters. The lowest BCUT2D eigenvalue weighted by molar-refractivity contribution is 0.104. The summed E-state index contributed by atoms with van der Waals surface area (Å²) in [4.78, 5) is 11.7. The lowest BCUT2D eigenvalue weighted by atomic mass is 10.2. The van der Waals surface area contributed by atoms with Crippen LogP contribution < -0.4 is 0 Å². The number of ketones is 1. The number of aromatic nitrogens is 7. The van der Waals surface area contributed by atoms with Gasteiger partial charge in [-0.2, -0.15) is 13.6 Å². The molecular formula is C12H8FN7O4S. The smallest absolute Gasteiger partial charge is 0.299 e. The molecule has 0 bridgehead atoms. The predicted octanol–water partition coefficient (Wildman–Crippen LogP) is -0.0509. The van der Waals surface area contributed by atoms with Crippen molar-refractivity contribution in [3.63, 3.8) is 0 Å². The maximum Gasteiger partial charge on any atom is 0.299 e. The topological polar surface area (TPSA) is 157 Å². The molecule has 3 aromatic rings. The monoisotopic (exact) mass is 365 g/mol. The zero-order valence-corrected chi connectivity index (χ0v) is 12.9. The molecule has 11 nitrogen and oxygen atoms in total. The number of carbonyl (C=O) groups excluding carboxylic acids is 1. The number of tetrazole rings is 1. The van der Waals surface area contributed by atoms with Gasteiger partial charge in [0.05, 0.1) is 11.1 Å². The van der Waals surface area contributed by atoms with Crippen LogP contribution in [0.2, 0.25) is 0 Å². The average molecular weight is 365 g/mol. The van der Waals surface area contributed by atoms with E-state index in [1.807, 2.05) is 0 Å². The molecule has 0 fully saturated rings. The number of H-pyrrole nitrogens is 1. The van der Waals surface area contributed by atoms with Crippen LogP contribution in [-0.2, 0) is 10.0 Å². The van der Waals surface area contributed by atoms with E-state index in [-0.39, 0.29) is 16.4 Å². The standard InChI is InChI=1S/C12H8FN7O4S/c13-7-1-3-8(4-2-7)25(23,24)20-14-6-9(17-20)10(21)5-11(22)12-15-18-19-16-12/h1-6,22H,(H,15,16,18,19). The van der Waals surface area contributed by atoms with Crippen LogP contribution in [0.1, 0.15) is 16.3 Å². The summed E-state index contributed by atoms with van der Waals surface area (Å²) < 4.78 is 37.8. The van der Waals surface area contributed by atoms with E-state index in [9.17, 15) is 22.7 Å². The quantitative estimate of drug-likeness (QED) is 0.359. The number of halogens is 1. The first-order chi connectivity index (χ1) is 11.9. The number of aliphatic hydroxyl groups is 1. The first-order valence-electron chi connectivity index (χ1n) is 6.50. The van der Waals surface area contributed by atoms with Gasteiger partial charge in [0, 0.05) is 6.08 Å². The highest BCUT2D eigenvalue weighted by molar-refractivity contribution is 7.89. The Labute approximate surface area is 138 Å². The average Bonchev–Trinajstić information content (AvgIpc) is 3.27. The zero-order valence-electron chi connectivity index (χ0n) is 12.1. The summed E-state index contributed by atoms with van der Waals surface area (Å²) >= 11 is 0. The van der Waals surface area contributed by atoms with E-state index in [1.165, 1.54) is 0 Å². The van der Waals surface area contributed by atoms with Crippen LogP contribution in [0.5, 0.6) is 0 Å². The Bertz CT molecular complexity index is 1040. The molecule has 3 rings (SSSR count). The van der Waals surface area contributed by atoms with E-state index in [4.69, 9.17) is 0 Å². The number of aromatic amines is 1. The molecule has 128 valence electrons. The van der Waals surface area contributed by atoms with Gasteiger partial charge in [-0.25, -0.2) is 4.39 Å². The Hall–Kier alpha value is -3.48. The summed E-state index contributed by atoms with van der Waals surface area (Å²) in [5, 5.41) is 29.0. The number of carbonyl (C=O) groups is 1. The Morgan fingerprint density at radius 2 is 2.00 bits per heavy atom. The van der Waals surface area contributed by atoms with Crippen LogP contribution >= 0.6 is 0 Å². The molecule has 0 aliphatic carbocycles. The first-order valence-corrected chi connectivity index (χ1v) is 7.94. The highest BCUT2D eigenvalue weighted by atomic mass is 32.2. The van der Waals surface area contributed by atoms with Crippen LogP contribution in [0.4, 0.5) is 4.39 Å². The molecule has 0 amide bonds. The minimum Gasteiger partial charge on any atom is -0.504 e. The van der Waals surface area contributed by atoms with Crippen molar-refractivity contribution in [3.8, 4) is 0 Å². The molecule has 2 N–H and O–H groups in total. The molecule has 0 saturated carbocycles. The number of allylic oxidation sites excluding steroid dienone is 1. The van der Waals surface area contributed by atoms with Gasteiger partial charge in [-0.3, -0.25) is 4.79 Å². The summed E-state index contributed by atoms with van der Waals surface area (Å²) in [6.45, 7) is 0. The van der Waals surface area contributed by atoms with Crippen molar-refractivity contribution in [3.05, 3.63) is 53.9 Å². The Morgan fingerprint density at radius 1 is 1.28 bits per heavy atom. The molecule has 0 aliphatic heterocycles. The van der Waals surface area contributed by atoms with Gasteiger partial charge in [0.25, 0.3) is 10.0 Å². The SMILES string of the molecule is O=C(C=C(O)c1nn[nH]n1)c1cnn(S(=O)(=O)c2ccc(F)cc2)n1. The molecular weight excluding hydrogens is 357 g/mol. The second-order valence-electron chi connectivity index (χ2n) is 4.54. The van der Waals surface area contributed by atoms with Crippen LogP contribution in [0.3, 0.4) is 0 Å². The van der Waals surface area contributed by atoms with Gasteiger partial charge in [-0.15, -0.1) is 20.4 Å². The molecule has 0 atom stereocenters. The number of nitrogens with one attached hydrogen (secondary N) is 1. The van der Waals surface area contributed by atoms with Gasteiger partial charge >= 0.3 is 0 Å². The highest BCUT2D eigenvalue weighted by Gasteiger charge is 2.21. The summed E-state index contributed by atoms with van der Waals surface area (Å²) in [6, 6.07) is 4.01. The third-order valence-electron chi connectivity index (χ3n) is 2.89. The molecule has 13 heteroatoms. The minimum absolute atomic E-state index is 0.223. The summed E-state index contributed by atoms with van der Waals surface area (Å²) in [5.74, 6) is -2.25. The van der Waals surface area contributed by atoms with E-state index < -0.39 is 27.4 Å². The summed E-state index contributed by atoms with van der Waals surface area (Å²) in [6.07, 6.45) is 1.65. The fourth-order valence-electron chi connectivity index (χ4n) is 1.71. The van der Waals surface area contributed by atoms with Crippen molar-refractivity contribution in [2.75, 3.05) is 0 Å². The van der Waals surface area contributed by atoms with E-state index in [1.54, 1.807) is 0 Å². The Kier molecular flexibility index (Phi) is 4.06. The Morgan fingerprint density at radius 3 is 2.64 bits per heavy atom. The largest absolute Gasteiger partial charge is 0.504 e. The number of rotatable bonds is 5. The molecule has 0 aliphatic rings. The molecule has 0 saturated heterocycles. The van der Waals surface area contributed by atoms with Crippen molar-refractivity contribution in [1.29, 1.82) is 0 Å². The fourth-order valence-corrected chi connectivity index (χ4v) is 2.75. The summed E-state index contributed by atoms with van der Waals surface area (Å²) in [7, 11) is -4.19. The lowest BCUT2D eigenvalue weighted by Gasteiger charge is -2.01. The second kappa shape index (κ2) is 6.20. The van der Waals surface area contributed by atoms with Gasteiger partial charge in [0.1, 0.15) is 5.82 Å². The number of hydrogen-bond acceptors (Lipinski definition) is 9. The van der Waals surface area contributed by atoms with Crippen LogP contribution in [0, 0.1) is 5.82 Å². The second-order valence-corrected chi connectivity index (χ2v) is 6.29. The third-order valence-corrected chi connectivity index (χ3v) is 4.37. The van der Waals surface area contributed by atoms with Crippen molar-refractivity contribution in [2.45, 2.75) is 4.90 Å². The van der Waals surface area contributed by atoms with E-state index in [0.717, 1.165) is 36.5 Å². The first kappa shape index (κ1) is 16.4. The van der Waals surface area contributed by atoms with Gasteiger partial charge in [-0.1, -0.05) is 4.20 Å². The van der Waals surface area contributed by atoms with Crippen molar-refractivity contribution in [1.82, 2.24) is 35.0 Å².